The quantitative estimate of drug-likeness (QED) is 0.0287. The molecular formula is C87H122N20O22S. The fourth-order valence-electron chi connectivity index (χ4n) is 15.9. The number of primary amides is 2. The van der Waals surface area contributed by atoms with Crippen molar-refractivity contribution >= 4 is 140 Å². The Morgan fingerprint density at radius 3 is 1.65 bits per heavy atom. The zero-order valence-corrected chi connectivity index (χ0v) is 74.9. The lowest BCUT2D eigenvalue weighted by Gasteiger charge is -2.36. The highest BCUT2D eigenvalue weighted by Crippen LogP contribution is 2.28. The molecule has 0 bridgehead atoms. The van der Waals surface area contributed by atoms with Gasteiger partial charge in [-0.05, 0) is 92.3 Å². The van der Waals surface area contributed by atoms with Crippen molar-refractivity contribution < 1.29 is 107 Å². The van der Waals surface area contributed by atoms with Gasteiger partial charge in [-0.25, -0.2) is 0 Å². The third kappa shape index (κ3) is 28.1. The molecule has 2 aromatic heterocycles. The van der Waals surface area contributed by atoms with Crippen molar-refractivity contribution in [2.45, 2.75) is 228 Å². The van der Waals surface area contributed by atoms with Gasteiger partial charge < -0.3 is 125 Å². The second kappa shape index (κ2) is 48.6. The van der Waals surface area contributed by atoms with Crippen molar-refractivity contribution in [3.8, 4) is 5.75 Å². The number of aromatic amines is 2. The molecule has 5 heterocycles. The number of rotatable bonds is 24. The summed E-state index contributed by atoms with van der Waals surface area (Å²) in [6.07, 6.45) is -0.278. The predicted molar refractivity (Wildman–Crippen MR) is 474 cm³/mol. The summed E-state index contributed by atoms with van der Waals surface area (Å²) < 4.78 is 0. The van der Waals surface area contributed by atoms with E-state index in [2.05, 4.69) is 63.1 Å². The molecule has 17 amide bonds. The zero-order chi connectivity index (χ0) is 95.5. The monoisotopic (exact) mass is 1830 g/mol. The Morgan fingerprint density at radius 2 is 1.06 bits per heavy atom. The number of carbonyl (C=O) groups excluding carboxylic acids is 17. The first-order valence-electron chi connectivity index (χ1n) is 43.4. The number of aliphatic hydroxyl groups excluding tert-OH is 2. The maximum absolute atomic E-state index is 15.7. The number of hydrogen-bond acceptors (Lipinski definition) is 23. The zero-order valence-electron chi connectivity index (χ0n) is 74.1. The smallest absolute Gasteiger partial charge is 0.303 e. The molecule has 0 saturated carbocycles. The first-order valence-corrected chi connectivity index (χ1v) is 44.6. The number of carboxylic acids is 1. The van der Waals surface area contributed by atoms with Crippen molar-refractivity contribution in [3.05, 3.63) is 102 Å². The van der Waals surface area contributed by atoms with Crippen LogP contribution in [0.3, 0.4) is 0 Å². The first kappa shape index (κ1) is 103. The van der Waals surface area contributed by atoms with Gasteiger partial charge in [0.05, 0.1) is 31.4 Å². The average molecular weight is 1830 g/mol. The number of carbonyl (C=O) groups is 18. The Bertz CT molecular complexity index is 4910. The number of carboxylic acid groups (broad SMARTS) is 1. The molecule has 22 N–H and O–H groups in total. The highest BCUT2D eigenvalue weighted by molar-refractivity contribution is 8.00. The minimum absolute atomic E-state index is 0.0259. The Morgan fingerprint density at radius 1 is 0.546 bits per heavy atom. The number of likely N-dealkylation sites (N-methyl/N-ethyl adjacent to an activating group) is 3. The number of aromatic hydroxyl groups is 1. The lowest BCUT2D eigenvalue weighted by atomic mass is 10.00. The molecule has 3 aromatic carbocycles. The molecule has 3 saturated heterocycles. The molecule has 0 unspecified atom stereocenters. The Kier molecular flexibility index (Phi) is 38.4. The van der Waals surface area contributed by atoms with Crippen LogP contribution in [0, 0.1) is 5.92 Å². The number of phenolic OH excluding ortho intramolecular Hbond substituents is 1. The third-order valence-corrected chi connectivity index (χ3v) is 24.3. The van der Waals surface area contributed by atoms with E-state index >= 15 is 33.6 Å². The number of fused-ring (bicyclic) bond motifs is 4. The van der Waals surface area contributed by atoms with Gasteiger partial charge in [0.15, 0.2) is 0 Å². The lowest BCUT2D eigenvalue weighted by Crippen LogP contribution is -2.62. The summed E-state index contributed by atoms with van der Waals surface area (Å²) in [7, 11) is 3.79. The average Bonchev–Trinajstić information content (AvgIpc) is 1.59. The number of nitrogens with zero attached hydrogens (tertiary/aromatic N) is 5. The second-order valence-electron chi connectivity index (χ2n) is 33.4. The van der Waals surface area contributed by atoms with Gasteiger partial charge in [-0.2, -0.15) is 0 Å². The van der Waals surface area contributed by atoms with Crippen LogP contribution in [0.25, 0.3) is 21.8 Å². The molecule has 15 atom stereocenters. The van der Waals surface area contributed by atoms with E-state index in [9.17, 15) is 73.2 Å². The van der Waals surface area contributed by atoms with Crippen LogP contribution in [0.15, 0.2) is 85.2 Å². The molecule has 42 nitrogen and oxygen atoms in total. The number of amides is 17. The Labute approximate surface area is 755 Å². The minimum Gasteiger partial charge on any atom is -0.508 e. The topological polar surface area (TPSA) is 634 Å². The number of nitrogens with two attached hydrogens (primary N) is 3. The van der Waals surface area contributed by atoms with Crippen molar-refractivity contribution in [2.24, 2.45) is 23.1 Å². The van der Waals surface area contributed by atoms with Gasteiger partial charge in [0, 0.05) is 113 Å². The number of aromatic nitrogens is 2. The third-order valence-electron chi connectivity index (χ3n) is 23.2. The SMILES string of the molecule is CCCC[C@H]1C(=O)N(C)[C@@H](CCCC)C(=O)N[C@@H](CCC(=O)O)C(=O)N[C@H](C(=O)NCC(N)=O)CSCC(=O)N[C@@H](Cc2ccc(O)cc2)C(=O)N(C)[C@@H](C)C(=O)N[C@@H](CC(N)=O)C(=O)N2CCC[C@H]2C(=O)N[C@@H](CN)C(=O)N[C@@H](CC(C)C)C(=O)N2C[C@H](O)C[C@H]2C(=O)N[C@@H](Cc2c[nH]c3ccccc23)C(=O)N[C@@H](CO)C(=O)N[C@@H](Cc2c[nH]c3ccccc23)C(=O)N1C. The Hall–Kier alpha value is -12.8. The number of hydrogen-bond donors (Lipinski definition) is 19. The largest absolute Gasteiger partial charge is 0.508 e. The van der Waals surface area contributed by atoms with E-state index in [1.807, 2.05) is 6.92 Å². The molecule has 0 spiro atoms. The number of H-pyrrole nitrogens is 2. The standard InChI is InChI=1S/C87H122N20O22S/c1-9-11-22-66-80(122)95-57(29-30-73(114)115)76(118)102-65(75(117)93-41-71(90)112)44-130-45-72(113)94-60(33-48-25-27-51(109)28-26-48)83(125)103(6)47(5)74(116)97-62(37-70(89)111)85(127)106-31-17-24-67(106)81(123)100-63(38-88)78(120)98-59(32-46(3)4)86(128)107-42-52(110)36-69(107)82(124)96-58(34-49-39-91-55-20-15-13-18-53(49)55)77(119)101-64(43-108)79(121)99-61(35-50-40-92-56-21-16-14-19-54(50)56)84(126)105(8)68(23-12-10-2)87(129)104(66)7/h13-16,18-21,25-28,39-40,46-47,52,57-69,91-92,108-110H,9-12,17,22-24,29-38,41-45,88H2,1-8H3,(H2,89,111)(H2,90,112)(H,93,117)(H,94,113)(H,95,122)(H,96,124)(H,97,116)(H,98,120)(H,99,121)(H,100,123)(H,101,119)(H,102,118)(H,114,115)/t47-,52+,57-,58-,59-,60-,61-,62-,63-,64-,65-,66-,67-,68-,69-/m0/s1. The van der Waals surface area contributed by atoms with Gasteiger partial charge in [0.2, 0.25) is 100 Å². The molecule has 708 valence electrons. The summed E-state index contributed by atoms with van der Waals surface area (Å²) in [5, 5.41) is 69.5. The number of benzene rings is 3. The van der Waals surface area contributed by atoms with Crippen molar-refractivity contribution in [1.82, 2.24) is 87.6 Å². The van der Waals surface area contributed by atoms with Gasteiger partial charge in [0.1, 0.15) is 90.3 Å². The number of phenols is 1. The van der Waals surface area contributed by atoms with Crippen LogP contribution in [-0.2, 0) is 106 Å². The number of para-hydroxylation sites is 2. The molecule has 43 heteroatoms. The van der Waals surface area contributed by atoms with E-state index in [4.69, 9.17) is 17.2 Å². The number of aliphatic carboxylic acids is 1. The summed E-state index contributed by atoms with van der Waals surface area (Å²) in [5.41, 5.74) is 19.8. The highest BCUT2D eigenvalue weighted by Gasteiger charge is 2.47. The molecule has 5 aromatic rings. The Balaban J connectivity index is 1.18. The van der Waals surface area contributed by atoms with Crippen LogP contribution in [-0.4, -0.2) is 317 Å². The summed E-state index contributed by atoms with van der Waals surface area (Å²) in [5.74, 6) is -19.9. The van der Waals surface area contributed by atoms with Crippen LogP contribution in [0.2, 0.25) is 0 Å². The number of unbranched alkanes of at least 4 members (excludes halogenated alkanes) is 2. The van der Waals surface area contributed by atoms with Crippen molar-refractivity contribution in [2.75, 3.05) is 65.4 Å². The second-order valence-corrected chi connectivity index (χ2v) is 34.4. The normalized spacial score (nSPS) is 25.3. The summed E-state index contributed by atoms with van der Waals surface area (Å²) in [6.45, 7) is 5.24. The molecular weight excluding hydrogens is 1710 g/mol. The van der Waals surface area contributed by atoms with Gasteiger partial charge in [-0.3, -0.25) is 86.3 Å². The molecule has 3 fully saturated rings. The number of aliphatic hydroxyl groups is 2. The van der Waals surface area contributed by atoms with E-state index in [0.29, 0.717) is 69.5 Å². The minimum atomic E-state index is -1.90. The molecule has 3 aliphatic heterocycles. The maximum Gasteiger partial charge on any atom is 0.303 e. The van der Waals surface area contributed by atoms with Crippen LogP contribution < -0.4 is 70.4 Å². The van der Waals surface area contributed by atoms with E-state index in [1.165, 1.54) is 52.3 Å². The molecule has 3 aliphatic rings. The van der Waals surface area contributed by atoms with Gasteiger partial charge in [-0.15, -0.1) is 11.8 Å². The van der Waals surface area contributed by atoms with Gasteiger partial charge in [0.25, 0.3) is 0 Å². The molecule has 0 radical (unpaired) electrons. The summed E-state index contributed by atoms with van der Waals surface area (Å²) in [4.78, 5) is 271. The number of thioether (sulfide) groups is 1. The fourth-order valence-corrected chi connectivity index (χ4v) is 16.8. The molecule has 0 aliphatic carbocycles. The van der Waals surface area contributed by atoms with E-state index in [0.717, 1.165) is 24.5 Å². The maximum atomic E-state index is 15.7. The highest BCUT2D eigenvalue weighted by atomic mass is 32.2. The van der Waals surface area contributed by atoms with Crippen LogP contribution in [0.1, 0.15) is 135 Å². The van der Waals surface area contributed by atoms with Crippen molar-refractivity contribution in [3.63, 3.8) is 0 Å². The van der Waals surface area contributed by atoms with Crippen molar-refractivity contribution in [1.29, 1.82) is 0 Å². The van der Waals surface area contributed by atoms with E-state index in [1.54, 1.807) is 81.7 Å². The van der Waals surface area contributed by atoms with Crippen LogP contribution >= 0.6 is 11.8 Å². The van der Waals surface area contributed by atoms with E-state index < -0.39 is 261 Å². The summed E-state index contributed by atoms with van der Waals surface area (Å²) >= 11 is 0.706. The lowest BCUT2D eigenvalue weighted by molar-refractivity contribution is -0.149. The molecule has 8 rings (SSSR count). The van der Waals surface area contributed by atoms with Crippen LogP contribution in [0.4, 0.5) is 0 Å². The molecule has 130 heavy (non-hydrogen) atoms. The van der Waals surface area contributed by atoms with E-state index in [-0.39, 0.29) is 76.0 Å². The van der Waals surface area contributed by atoms with Gasteiger partial charge >= 0.3 is 5.97 Å². The summed E-state index contributed by atoms with van der Waals surface area (Å²) in [6, 6.07) is -3.00. The number of nitrogens with one attached hydrogen (secondary N) is 12. The van der Waals surface area contributed by atoms with Gasteiger partial charge in [-0.1, -0.05) is 102 Å². The predicted octanol–water partition coefficient (Wildman–Crippen LogP) is -3.33. The first-order chi connectivity index (χ1) is 61.8. The van der Waals surface area contributed by atoms with Crippen LogP contribution in [0.5, 0.6) is 5.75 Å². The fraction of sp³-hybridized carbons (Fsp3) is 0.540.